The van der Waals surface area contributed by atoms with E-state index in [0.29, 0.717) is 17.2 Å². The Balaban J connectivity index is 1.51. The fourth-order valence-corrected chi connectivity index (χ4v) is 2.68. The van der Waals surface area contributed by atoms with E-state index in [4.69, 9.17) is 13.9 Å². The van der Waals surface area contributed by atoms with Crippen molar-refractivity contribution in [3.8, 4) is 11.5 Å². The van der Waals surface area contributed by atoms with E-state index in [1.54, 1.807) is 24.5 Å². The van der Waals surface area contributed by atoms with Gasteiger partial charge in [-0.15, -0.1) is 0 Å². The molecule has 1 N–H and O–H groups in total. The lowest BCUT2D eigenvalue weighted by molar-refractivity contribution is -0.115. The maximum absolute atomic E-state index is 12.3. The van der Waals surface area contributed by atoms with Gasteiger partial charge in [0.05, 0.1) is 12.7 Å². The number of hydrogen-bond acceptors (Lipinski definition) is 4. The highest BCUT2D eigenvalue weighted by molar-refractivity contribution is 5.95. The van der Waals surface area contributed by atoms with Crippen LogP contribution < -0.4 is 14.8 Å². The first-order valence-corrected chi connectivity index (χ1v) is 7.35. The van der Waals surface area contributed by atoms with E-state index < -0.39 is 0 Å². The van der Waals surface area contributed by atoms with Gasteiger partial charge in [0.25, 0.3) is 0 Å². The molecule has 2 aromatic carbocycles. The molecule has 2 heterocycles. The van der Waals surface area contributed by atoms with E-state index in [2.05, 4.69) is 5.32 Å². The third kappa shape index (κ3) is 2.61. The normalized spacial score (nSPS) is 12.6. The van der Waals surface area contributed by atoms with Crippen molar-refractivity contribution in [2.24, 2.45) is 0 Å². The number of nitrogens with one attached hydrogen (secondary N) is 1. The molecule has 1 aromatic heterocycles. The summed E-state index contributed by atoms with van der Waals surface area (Å²) in [5.41, 5.74) is 3.49. The van der Waals surface area contributed by atoms with Crippen molar-refractivity contribution in [2.75, 3.05) is 12.1 Å². The molecule has 0 radical (unpaired) electrons. The fraction of sp³-hybridized carbons (Fsp3) is 0.167. The number of carbonyl (C=O) groups is 1. The quantitative estimate of drug-likeness (QED) is 0.802. The molecule has 5 nitrogen and oxygen atoms in total. The Kier molecular flexibility index (Phi) is 3.19. The molecule has 0 spiro atoms. The molecular weight excluding hydrogens is 294 g/mol. The lowest BCUT2D eigenvalue weighted by Crippen LogP contribution is -2.14. The molecule has 4 rings (SSSR count). The number of amides is 1. The first-order valence-electron chi connectivity index (χ1n) is 7.35. The number of ether oxygens (including phenoxy) is 2. The first-order chi connectivity index (χ1) is 11.2. The van der Waals surface area contributed by atoms with Crippen LogP contribution in [-0.2, 0) is 11.2 Å². The summed E-state index contributed by atoms with van der Waals surface area (Å²) in [6.07, 6.45) is 1.90. The van der Waals surface area contributed by atoms with E-state index >= 15 is 0 Å². The number of anilines is 1. The van der Waals surface area contributed by atoms with E-state index in [-0.39, 0.29) is 19.1 Å². The predicted molar refractivity (Wildman–Crippen MR) is 85.8 cm³/mol. The van der Waals surface area contributed by atoms with Gasteiger partial charge in [0, 0.05) is 22.7 Å². The Morgan fingerprint density at radius 1 is 1.13 bits per heavy atom. The van der Waals surface area contributed by atoms with E-state index in [0.717, 1.165) is 22.1 Å². The molecule has 5 heteroatoms. The zero-order chi connectivity index (χ0) is 15.8. The average Bonchev–Trinajstić information content (AvgIpc) is 3.13. The van der Waals surface area contributed by atoms with Crippen LogP contribution in [0.15, 0.2) is 47.1 Å². The number of furan rings is 1. The number of benzene rings is 2. The summed E-state index contributed by atoms with van der Waals surface area (Å²) in [5.74, 6) is 1.23. The van der Waals surface area contributed by atoms with Gasteiger partial charge in [-0.1, -0.05) is 12.1 Å². The Morgan fingerprint density at radius 2 is 2.00 bits per heavy atom. The van der Waals surface area contributed by atoms with Gasteiger partial charge in [0.2, 0.25) is 12.7 Å². The molecule has 23 heavy (non-hydrogen) atoms. The maximum Gasteiger partial charge on any atom is 0.231 e. The second-order valence-corrected chi connectivity index (χ2v) is 5.55. The van der Waals surface area contributed by atoms with Crippen molar-refractivity contribution in [2.45, 2.75) is 13.3 Å². The Hall–Kier alpha value is -2.95. The van der Waals surface area contributed by atoms with Crippen LogP contribution in [0.1, 0.15) is 11.1 Å². The van der Waals surface area contributed by atoms with Crippen molar-refractivity contribution in [1.82, 2.24) is 0 Å². The molecule has 0 saturated carbocycles. The van der Waals surface area contributed by atoms with Crippen LogP contribution in [0, 0.1) is 6.92 Å². The molecule has 0 fully saturated rings. The van der Waals surface area contributed by atoms with Crippen molar-refractivity contribution in [3.63, 3.8) is 0 Å². The second kappa shape index (κ2) is 5.35. The summed E-state index contributed by atoms with van der Waals surface area (Å²) < 4.78 is 16.1. The first kappa shape index (κ1) is 13.7. The minimum absolute atomic E-state index is 0.104. The molecular formula is C18H15NO4. The van der Waals surface area contributed by atoms with Gasteiger partial charge in [0.1, 0.15) is 5.58 Å². The molecule has 0 atom stereocenters. The van der Waals surface area contributed by atoms with Crippen molar-refractivity contribution in [1.29, 1.82) is 0 Å². The van der Waals surface area contributed by atoms with Crippen molar-refractivity contribution < 1.29 is 18.7 Å². The number of fused-ring (bicyclic) bond motifs is 2. The molecule has 0 unspecified atom stereocenters. The minimum atomic E-state index is -0.104. The highest BCUT2D eigenvalue weighted by Crippen LogP contribution is 2.34. The van der Waals surface area contributed by atoms with Crippen molar-refractivity contribution in [3.05, 3.63) is 53.8 Å². The van der Waals surface area contributed by atoms with E-state index in [9.17, 15) is 4.79 Å². The van der Waals surface area contributed by atoms with Gasteiger partial charge < -0.3 is 19.2 Å². The smallest absolute Gasteiger partial charge is 0.231 e. The number of aryl methyl sites for hydroxylation is 1. The number of hydrogen-bond donors (Lipinski definition) is 1. The maximum atomic E-state index is 12.3. The SMILES string of the molecule is Cc1ccc2c(CC(=O)Nc3ccc4c(c3)OCO4)coc2c1. The van der Waals surface area contributed by atoms with Crippen LogP contribution in [0.25, 0.3) is 11.0 Å². The summed E-state index contributed by atoms with van der Waals surface area (Å²) in [6.45, 7) is 2.22. The Labute approximate surface area is 132 Å². The van der Waals surface area contributed by atoms with Gasteiger partial charge in [-0.05, 0) is 30.7 Å². The molecule has 1 amide bonds. The molecule has 1 aliphatic heterocycles. The molecule has 0 bridgehead atoms. The van der Waals surface area contributed by atoms with Crippen LogP contribution >= 0.6 is 0 Å². The van der Waals surface area contributed by atoms with Gasteiger partial charge in [-0.2, -0.15) is 0 Å². The fourth-order valence-electron chi connectivity index (χ4n) is 2.68. The van der Waals surface area contributed by atoms with Gasteiger partial charge in [0.15, 0.2) is 11.5 Å². The van der Waals surface area contributed by atoms with E-state index in [1.807, 2.05) is 25.1 Å². The monoisotopic (exact) mass is 309 g/mol. The van der Waals surface area contributed by atoms with E-state index in [1.165, 1.54) is 0 Å². The average molecular weight is 309 g/mol. The summed E-state index contributed by atoms with van der Waals surface area (Å²) in [4.78, 5) is 12.3. The highest BCUT2D eigenvalue weighted by Gasteiger charge is 2.15. The predicted octanol–water partition coefficient (Wildman–Crippen LogP) is 3.65. The standard InChI is InChI=1S/C18H15NO4/c1-11-2-4-14-12(9-21-16(14)6-11)7-18(20)19-13-3-5-15-17(8-13)23-10-22-15/h2-6,8-9H,7,10H2,1H3,(H,19,20). The summed E-state index contributed by atoms with van der Waals surface area (Å²) >= 11 is 0. The molecule has 1 aliphatic rings. The highest BCUT2D eigenvalue weighted by atomic mass is 16.7. The van der Waals surface area contributed by atoms with Crippen molar-refractivity contribution >= 4 is 22.6 Å². The second-order valence-electron chi connectivity index (χ2n) is 5.55. The lowest BCUT2D eigenvalue weighted by Gasteiger charge is -2.05. The molecule has 3 aromatic rings. The van der Waals surface area contributed by atoms with Crippen LogP contribution in [0.5, 0.6) is 11.5 Å². The lowest BCUT2D eigenvalue weighted by atomic mass is 10.1. The third-order valence-corrected chi connectivity index (χ3v) is 3.82. The van der Waals surface area contributed by atoms with Crippen LogP contribution in [0.3, 0.4) is 0 Å². The zero-order valence-electron chi connectivity index (χ0n) is 12.6. The topological polar surface area (TPSA) is 60.7 Å². The van der Waals surface area contributed by atoms with Crippen LogP contribution in [0.4, 0.5) is 5.69 Å². The van der Waals surface area contributed by atoms with Gasteiger partial charge in [-0.3, -0.25) is 4.79 Å². The van der Waals surface area contributed by atoms with Crippen LogP contribution in [-0.4, -0.2) is 12.7 Å². The largest absolute Gasteiger partial charge is 0.464 e. The number of rotatable bonds is 3. The Bertz CT molecular complexity index is 897. The van der Waals surface area contributed by atoms with Gasteiger partial charge in [-0.25, -0.2) is 0 Å². The number of carbonyl (C=O) groups excluding carboxylic acids is 1. The molecule has 116 valence electrons. The molecule has 0 saturated heterocycles. The van der Waals surface area contributed by atoms with Gasteiger partial charge >= 0.3 is 0 Å². The zero-order valence-corrected chi connectivity index (χ0v) is 12.6. The summed E-state index contributed by atoms with van der Waals surface area (Å²) in [5, 5.41) is 3.84. The summed E-state index contributed by atoms with van der Waals surface area (Å²) in [7, 11) is 0. The van der Waals surface area contributed by atoms with Crippen LogP contribution in [0.2, 0.25) is 0 Å². The Morgan fingerprint density at radius 3 is 2.91 bits per heavy atom. The molecule has 0 aliphatic carbocycles. The summed E-state index contributed by atoms with van der Waals surface area (Å²) in [6, 6.07) is 11.3. The third-order valence-electron chi connectivity index (χ3n) is 3.82. The minimum Gasteiger partial charge on any atom is -0.464 e.